The Bertz CT molecular complexity index is 952. The summed E-state index contributed by atoms with van der Waals surface area (Å²) < 4.78 is 5.20. The van der Waals surface area contributed by atoms with Gasteiger partial charge in [0.15, 0.2) is 0 Å². The maximum atomic E-state index is 11.9. The van der Waals surface area contributed by atoms with Crippen molar-refractivity contribution >= 4 is 17.5 Å². The maximum Gasteiger partial charge on any atom is 0.246 e. The van der Waals surface area contributed by atoms with Crippen LogP contribution in [-0.4, -0.2) is 43.2 Å². The Balaban J connectivity index is 1.28. The SMILES string of the molecule is CCOCC(=O)NC1CCN(Cc2c(Cl)ccc3c2[C@@H]2C[C@@H]3c3ccccc32)CC1. The van der Waals surface area contributed by atoms with Gasteiger partial charge in [-0.3, -0.25) is 9.69 Å². The lowest BCUT2D eigenvalue weighted by molar-refractivity contribution is -0.126. The minimum absolute atomic E-state index is 0.00564. The van der Waals surface area contributed by atoms with E-state index < -0.39 is 0 Å². The first-order valence-corrected chi connectivity index (χ1v) is 11.5. The fraction of sp³-hybridized carbons (Fsp3) is 0.480. The molecule has 2 aromatic rings. The Labute approximate surface area is 183 Å². The molecular weight excluding hydrogens is 396 g/mol. The standard InChI is InChI=1S/C25H29ClN2O2/c1-2-30-15-24(29)27-16-9-11-28(12-10-16)14-22-23(26)8-7-19-20-13-21(25(19)22)18-6-4-3-5-17(18)20/h3-8,16,20-21H,2,9-15H2,1H3,(H,27,29)/t20-,21-/m1/s1. The number of carbonyl (C=O) groups is 1. The number of benzene rings is 2. The molecule has 1 fully saturated rings. The Hall–Kier alpha value is -1.88. The van der Waals surface area contributed by atoms with Gasteiger partial charge in [0.1, 0.15) is 6.61 Å². The summed E-state index contributed by atoms with van der Waals surface area (Å²) in [6, 6.07) is 13.5. The number of piperidine rings is 1. The molecule has 0 spiro atoms. The molecule has 1 heterocycles. The van der Waals surface area contributed by atoms with Crippen molar-refractivity contribution in [3.63, 3.8) is 0 Å². The number of hydrogen-bond acceptors (Lipinski definition) is 3. The molecule has 2 atom stereocenters. The number of carbonyl (C=O) groups excluding carboxylic acids is 1. The minimum Gasteiger partial charge on any atom is -0.372 e. The van der Waals surface area contributed by atoms with E-state index >= 15 is 0 Å². The van der Waals surface area contributed by atoms with Gasteiger partial charge < -0.3 is 10.1 Å². The molecule has 0 unspecified atom stereocenters. The Kier molecular flexibility index (Phi) is 5.57. The number of nitrogens with one attached hydrogen (secondary N) is 1. The lowest BCUT2D eigenvalue weighted by Gasteiger charge is -2.33. The molecule has 0 saturated carbocycles. The number of halogens is 1. The average molecular weight is 425 g/mol. The molecule has 4 nitrogen and oxygen atoms in total. The summed E-state index contributed by atoms with van der Waals surface area (Å²) in [6.45, 7) is 5.48. The third-order valence-electron chi connectivity index (χ3n) is 7.05. The third-order valence-corrected chi connectivity index (χ3v) is 7.40. The first-order valence-electron chi connectivity index (χ1n) is 11.1. The zero-order chi connectivity index (χ0) is 20.7. The Morgan fingerprint density at radius 1 is 1.10 bits per heavy atom. The van der Waals surface area contributed by atoms with Crippen molar-refractivity contribution < 1.29 is 9.53 Å². The summed E-state index contributed by atoms with van der Waals surface area (Å²) in [5, 5.41) is 4.00. The minimum atomic E-state index is -0.00564. The second kappa shape index (κ2) is 8.33. The fourth-order valence-corrected chi connectivity index (χ4v) is 5.88. The molecule has 2 bridgehead atoms. The second-order valence-corrected chi connectivity index (χ2v) is 9.16. The fourth-order valence-electron chi connectivity index (χ4n) is 5.66. The first-order chi connectivity index (χ1) is 14.7. The third kappa shape index (κ3) is 3.55. The van der Waals surface area contributed by atoms with Crippen LogP contribution < -0.4 is 5.32 Å². The van der Waals surface area contributed by atoms with Crippen LogP contribution in [0.2, 0.25) is 5.02 Å². The number of hydrogen-bond donors (Lipinski definition) is 1. The lowest BCUT2D eigenvalue weighted by Crippen LogP contribution is -2.45. The number of ether oxygens (including phenoxy) is 1. The van der Waals surface area contributed by atoms with E-state index in [1.165, 1.54) is 34.2 Å². The van der Waals surface area contributed by atoms with Crippen LogP contribution in [0.5, 0.6) is 0 Å². The van der Waals surface area contributed by atoms with Gasteiger partial charge in [0.25, 0.3) is 0 Å². The molecule has 158 valence electrons. The zero-order valence-corrected chi connectivity index (χ0v) is 18.3. The molecule has 30 heavy (non-hydrogen) atoms. The van der Waals surface area contributed by atoms with E-state index in [-0.39, 0.29) is 18.6 Å². The van der Waals surface area contributed by atoms with Crippen LogP contribution in [-0.2, 0) is 16.1 Å². The van der Waals surface area contributed by atoms with Gasteiger partial charge >= 0.3 is 0 Å². The van der Waals surface area contributed by atoms with Crippen molar-refractivity contribution in [2.24, 2.45) is 0 Å². The summed E-state index contributed by atoms with van der Waals surface area (Å²) in [4.78, 5) is 14.4. The van der Waals surface area contributed by atoms with Crippen molar-refractivity contribution in [3.05, 3.63) is 69.2 Å². The number of rotatable bonds is 6. The molecule has 0 aromatic heterocycles. The van der Waals surface area contributed by atoms with Crippen LogP contribution in [0.25, 0.3) is 0 Å². The van der Waals surface area contributed by atoms with Gasteiger partial charge in [-0.25, -0.2) is 0 Å². The lowest BCUT2D eigenvalue weighted by atomic mass is 9.83. The van der Waals surface area contributed by atoms with Crippen molar-refractivity contribution in [1.82, 2.24) is 10.2 Å². The highest BCUT2D eigenvalue weighted by Gasteiger charge is 2.43. The molecule has 5 heteroatoms. The maximum absolute atomic E-state index is 11.9. The highest BCUT2D eigenvalue weighted by molar-refractivity contribution is 6.31. The van der Waals surface area contributed by atoms with Gasteiger partial charge in [-0.05, 0) is 60.1 Å². The van der Waals surface area contributed by atoms with Crippen LogP contribution in [0.3, 0.4) is 0 Å². The number of fused-ring (bicyclic) bond motifs is 8. The molecule has 5 rings (SSSR count). The van der Waals surface area contributed by atoms with E-state index in [0.29, 0.717) is 18.4 Å². The topological polar surface area (TPSA) is 41.6 Å². The van der Waals surface area contributed by atoms with Crippen molar-refractivity contribution in [3.8, 4) is 0 Å². The van der Waals surface area contributed by atoms with E-state index in [0.717, 1.165) is 37.5 Å². The summed E-state index contributed by atoms with van der Waals surface area (Å²) in [7, 11) is 0. The van der Waals surface area contributed by atoms with Crippen LogP contribution in [0, 0.1) is 0 Å². The van der Waals surface area contributed by atoms with Crippen LogP contribution in [0.1, 0.15) is 65.8 Å². The van der Waals surface area contributed by atoms with E-state index in [4.69, 9.17) is 16.3 Å². The summed E-state index contributed by atoms with van der Waals surface area (Å²) >= 11 is 6.74. The summed E-state index contributed by atoms with van der Waals surface area (Å²) in [5.74, 6) is 1.02. The number of nitrogens with zero attached hydrogens (tertiary/aromatic N) is 1. The largest absolute Gasteiger partial charge is 0.372 e. The van der Waals surface area contributed by atoms with Gasteiger partial charge in [0.05, 0.1) is 0 Å². The molecule has 1 N–H and O–H groups in total. The quantitative estimate of drug-likeness (QED) is 0.745. The van der Waals surface area contributed by atoms with Crippen molar-refractivity contribution in [2.45, 2.75) is 50.6 Å². The van der Waals surface area contributed by atoms with Crippen molar-refractivity contribution in [1.29, 1.82) is 0 Å². The Morgan fingerprint density at radius 3 is 2.57 bits per heavy atom. The van der Waals surface area contributed by atoms with Gasteiger partial charge in [-0.15, -0.1) is 0 Å². The number of likely N-dealkylation sites (tertiary alicyclic amines) is 1. The molecule has 2 aromatic carbocycles. The second-order valence-electron chi connectivity index (χ2n) is 8.75. The van der Waals surface area contributed by atoms with Gasteiger partial charge in [0.2, 0.25) is 5.91 Å². The van der Waals surface area contributed by atoms with Gasteiger partial charge in [0, 0.05) is 49.1 Å². The molecule has 2 aliphatic carbocycles. The van der Waals surface area contributed by atoms with E-state index in [1.807, 2.05) is 6.92 Å². The molecule has 1 saturated heterocycles. The highest BCUT2D eigenvalue weighted by atomic mass is 35.5. The van der Waals surface area contributed by atoms with Crippen molar-refractivity contribution in [2.75, 3.05) is 26.3 Å². The van der Waals surface area contributed by atoms with Gasteiger partial charge in [-0.1, -0.05) is 41.9 Å². The molecular formula is C25H29ClN2O2. The predicted molar refractivity (Wildman–Crippen MR) is 119 cm³/mol. The smallest absolute Gasteiger partial charge is 0.246 e. The summed E-state index contributed by atoms with van der Waals surface area (Å²) in [5.41, 5.74) is 7.28. The molecule has 1 aliphatic heterocycles. The van der Waals surface area contributed by atoms with Crippen LogP contribution in [0.15, 0.2) is 36.4 Å². The molecule has 3 aliphatic rings. The monoisotopic (exact) mass is 424 g/mol. The predicted octanol–water partition coefficient (Wildman–Crippen LogP) is 4.44. The number of amides is 1. The van der Waals surface area contributed by atoms with E-state index in [2.05, 4.69) is 46.6 Å². The molecule has 1 amide bonds. The molecule has 0 radical (unpaired) electrons. The zero-order valence-electron chi connectivity index (χ0n) is 17.5. The normalized spacial score (nSPS) is 22.7. The van der Waals surface area contributed by atoms with Crippen LogP contribution in [0.4, 0.5) is 0 Å². The van der Waals surface area contributed by atoms with E-state index in [1.54, 1.807) is 0 Å². The Morgan fingerprint density at radius 2 is 1.83 bits per heavy atom. The van der Waals surface area contributed by atoms with Gasteiger partial charge in [-0.2, -0.15) is 0 Å². The summed E-state index contributed by atoms with van der Waals surface area (Å²) in [6.07, 6.45) is 3.13. The van der Waals surface area contributed by atoms with E-state index in [9.17, 15) is 4.79 Å². The highest BCUT2D eigenvalue weighted by Crippen LogP contribution is 2.58. The first kappa shape index (κ1) is 20.0. The average Bonchev–Trinajstić information content (AvgIpc) is 3.33. The van der Waals surface area contributed by atoms with Crippen LogP contribution >= 0.6 is 11.6 Å².